The van der Waals surface area contributed by atoms with Gasteiger partial charge in [-0.15, -0.1) is 0 Å². The van der Waals surface area contributed by atoms with Crippen LogP contribution < -0.4 is 40.7 Å². The van der Waals surface area contributed by atoms with Crippen molar-refractivity contribution >= 4 is 48.4 Å². The number of fused-ring (bicyclic) bond motifs is 1. The Bertz CT molecular complexity index is 1380. The molecule has 0 spiro atoms. The molecule has 0 aliphatic carbocycles. The largest absolute Gasteiger partial charge is 0.790 e. The molecule has 204 valence electrons. The minimum Gasteiger partial charge on any atom is -0.790 e. The molecule has 36 heavy (non-hydrogen) atoms. The molecule has 1 aliphatic heterocycles. The lowest BCUT2D eigenvalue weighted by Crippen LogP contribution is -2.37. The van der Waals surface area contributed by atoms with Crippen LogP contribution in [0.3, 0.4) is 0 Å². The summed E-state index contributed by atoms with van der Waals surface area (Å²) in [6.45, 7) is -1.41. The standard InChI is InChI=1S/C10H17N5O17P4/c11-10-13-7-4(8(17)14-10)12-2-15(7)9-5(16)6(30-36(26,27)32-34(21,22)23)3(29-9)1-28-35(24,25)31-33(18,19)20/h2-3,5-6,9,16H,1H2,(H,24,25)(H,26,27)(H2,18,19,20)(H2,21,22,23)(H3,11,13,14,17)/p-6. The van der Waals surface area contributed by atoms with Crippen LogP contribution in [0.15, 0.2) is 11.1 Å². The van der Waals surface area contributed by atoms with E-state index in [1.807, 2.05) is 0 Å². The number of rotatable bonds is 10. The molecule has 3 heterocycles. The Balaban J connectivity index is 1.95. The van der Waals surface area contributed by atoms with Crippen molar-refractivity contribution in [3.63, 3.8) is 0 Å². The summed E-state index contributed by atoms with van der Waals surface area (Å²) in [6.07, 6.45) is -7.55. The molecular weight excluding hydrogens is 586 g/mol. The number of phosphoric ester groups is 2. The Morgan fingerprint density at radius 2 is 1.67 bits per heavy atom. The molecule has 22 nitrogen and oxygen atoms in total. The predicted octanol–water partition coefficient (Wildman–Crippen LogP) is -6.01. The van der Waals surface area contributed by atoms with Gasteiger partial charge < -0.3 is 63.1 Å². The van der Waals surface area contributed by atoms with Gasteiger partial charge in [0.25, 0.3) is 21.2 Å². The summed E-state index contributed by atoms with van der Waals surface area (Å²) in [5, 5.41) is 10.6. The van der Waals surface area contributed by atoms with Crippen LogP contribution in [-0.2, 0) is 40.7 Å². The molecule has 0 radical (unpaired) electrons. The third-order valence-electron chi connectivity index (χ3n) is 4.08. The first-order valence-electron chi connectivity index (χ1n) is 8.75. The van der Waals surface area contributed by atoms with Crippen LogP contribution in [-0.4, -0.2) is 49.5 Å². The number of nitrogen functional groups attached to an aromatic ring is 1. The Morgan fingerprint density at radius 3 is 2.25 bits per heavy atom. The lowest BCUT2D eigenvalue weighted by molar-refractivity contribution is -0.342. The first-order valence-corrected chi connectivity index (χ1v) is 14.6. The highest BCUT2D eigenvalue weighted by molar-refractivity contribution is 7.59. The van der Waals surface area contributed by atoms with Gasteiger partial charge in [0.15, 0.2) is 17.4 Å². The summed E-state index contributed by atoms with van der Waals surface area (Å²) in [5.41, 5.74) is 3.89. The highest BCUT2D eigenvalue weighted by Gasteiger charge is 2.48. The van der Waals surface area contributed by atoms with Crippen molar-refractivity contribution in [1.29, 1.82) is 0 Å². The Kier molecular flexibility index (Phi) is 8.14. The van der Waals surface area contributed by atoms with E-state index in [4.69, 9.17) is 10.5 Å². The number of imidazole rings is 1. The molecule has 1 saturated heterocycles. The molecule has 3 rings (SSSR count). The van der Waals surface area contributed by atoms with Gasteiger partial charge in [0, 0.05) is 0 Å². The number of ether oxygens (including phenoxy) is 1. The summed E-state index contributed by atoms with van der Waals surface area (Å²) in [7, 11) is -24.3. The molecule has 26 heteroatoms. The molecule has 1 fully saturated rings. The number of hydrogen-bond donors (Lipinski definition) is 3. The summed E-state index contributed by atoms with van der Waals surface area (Å²) in [6, 6.07) is 0. The number of aliphatic hydroxyl groups excluding tert-OH is 1. The quantitative estimate of drug-likeness (QED) is 0.214. The molecule has 0 aromatic carbocycles. The van der Waals surface area contributed by atoms with Gasteiger partial charge >= 0.3 is 0 Å². The van der Waals surface area contributed by atoms with Crippen LogP contribution in [0.25, 0.3) is 11.2 Å². The zero-order valence-corrected chi connectivity index (χ0v) is 20.4. The summed E-state index contributed by atoms with van der Waals surface area (Å²) in [5.74, 6) is -0.433. The number of phosphoric acid groups is 4. The van der Waals surface area contributed by atoms with Crippen molar-refractivity contribution in [1.82, 2.24) is 19.5 Å². The van der Waals surface area contributed by atoms with E-state index < -0.39 is 73.9 Å². The fourth-order valence-corrected chi connectivity index (χ4v) is 6.13. The Morgan fingerprint density at radius 1 is 1.08 bits per heavy atom. The van der Waals surface area contributed by atoms with E-state index in [2.05, 4.69) is 32.6 Å². The van der Waals surface area contributed by atoms with Crippen LogP contribution in [0.5, 0.6) is 0 Å². The van der Waals surface area contributed by atoms with Gasteiger partial charge in [-0.05, 0) is 0 Å². The summed E-state index contributed by atoms with van der Waals surface area (Å²) >= 11 is 0. The van der Waals surface area contributed by atoms with Crippen molar-refractivity contribution in [3.8, 4) is 0 Å². The minimum atomic E-state index is -6.20. The molecular formula is C10H11N5O17P4-6. The topological polar surface area (TPSA) is 363 Å². The lowest BCUT2D eigenvalue weighted by Gasteiger charge is -2.37. The number of nitrogens with one attached hydrogen (secondary N) is 1. The van der Waals surface area contributed by atoms with Gasteiger partial charge in [-0.3, -0.25) is 32.1 Å². The highest BCUT2D eigenvalue weighted by Crippen LogP contribution is 2.54. The van der Waals surface area contributed by atoms with Gasteiger partial charge in [-0.1, -0.05) is 0 Å². The molecule has 0 amide bonds. The maximum absolute atomic E-state index is 12.0. The van der Waals surface area contributed by atoms with Crippen LogP contribution in [0, 0.1) is 0 Å². The number of aromatic amines is 1. The van der Waals surface area contributed by atoms with Crippen LogP contribution in [0.4, 0.5) is 5.95 Å². The molecule has 0 saturated carbocycles. The van der Waals surface area contributed by atoms with Crippen LogP contribution >= 0.6 is 31.3 Å². The Labute approximate surface area is 197 Å². The number of anilines is 1. The normalized spacial score (nSPS) is 26.6. The van der Waals surface area contributed by atoms with Gasteiger partial charge in [0.2, 0.25) is 5.95 Å². The number of H-pyrrole nitrogens is 1. The maximum Gasteiger partial charge on any atom is 0.280 e. The molecule has 2 aromatic rings. The van der Waals surface area contributed by atoms with Gasteiger partial charge in [0.05, 0.1) is 28.6 Å². The van der Waals surface area contributed by atoms with Crippen molar-refractivity contribution in [2.45, 2.75) is 24.5 Å². The smallest absolute Gasteiger partial charge is 0.280 e. The third-order valence-corrected chi connectivity index (χ3v) is 8.25. The van der Waals surface area contributed by atoms with E-state index in [1.165, 1.54) is 0 Å². The van der Waals surface area contributed by atoms with Gasteiger partial charge in [-0.25, -0.2) is 4.98 Å². The van der Waals surface area contributed by atoms with E-state index >= 15 is 0 Å². The summed E-state index contributed by atoms with van der Waals surface area (Å²) in [4.78, 5) is 87.3. The molecule has 4 N–H and O–H groups in total. The average Bonchev–Trinajstić information content (AvgIpc) is 3.18. The number of aromatic nitrogens is 4. The number of hydrogen-bond acceptors (Lipinski definition) is 20. The maximum atomic E-state index is 12.0. The van der Waals surface area contributed by atoms with Crippen molar-refractivity contribution in [2.24, 2.45) is 0 Å². The van der Waals surface area contributed by atoms with Gasteiger partial charge in [0.1, 0.15) is 18.3 Å². The number of nitrogens with two attached hydrogens (primary N) is 1. The first kappa shape index (κ1) is 29.2. The fourth-order valence-electron chi connectivity index (χ4n) is 2.94. The molecule has 6 atom stereocenters. The van der Waals surface area contributed by atoms with E-state index in [9.17, 15) is 57.5 Å². The lowest BCUT2D eigenvalue weighted by atomic mass is 10.1. The van der Waals surface area contributed by atoms with Crippen LogP contribution in [0.1, 0.15) is 6.23 Å². The summed E-state index contributed by atoms with van der Waals surface area (Å²) < 4.78 is 65.6. The fraction of sp³-hybridized carbons (Fsp3) is 0.500. The second-order valence-corrected chi connectivity index (χ2v) is 12.0. The molecule has 2 aromatic heterocycles. The monoisotopic (exact) mass is 597 g/mol. The van der Waals surface area contributed by atoms with E-state index in [0.717, 1.165) is 10.9 Å². The van der Waals surface area contributed by atoms with Crippen molar-refractivity contribution < 1.29 is 75.1 Å². The molecule has 1 aliphatic rings. The van der Waals surface area contributed by atoms with Crippen molar-refractivity contribution in [2.75, 3.05) is 12.3 Å². The molecule has 6 unspecified atom stereocenters. The van der Waals surface area contributed by atoms with Gasteiger partial charge in [-0.2, -0.15) is 4.98 Å². The minimum absolute atomic E-state index is 0.345. The first-order chi connectivity index (χ1) is 16.3. The van der Waals surface area contributed by atoms with E-state index in [-0.39, 0.29) is 11.2 Å². The second-order valence-electron chi connectivity index (χ2n) is 6.65. The number of aliphatic hydroxyl groups is 1. The van der Waals surface area contributed by atoms with E-state index in [0.29, 0.717) is 0 Å². The Hall–Kier alpha value is -1.41. The average molecular weight is 597 g/mol. The zero-order chi connectivity index (χ0) is 27.3. The van der Waals surface area contributed by atoms with E-state index in [1.54, 1.807) is 0 Å². The van der Waals surface area contributed by atoms with Crippen molar-refractivity contribution in [3.05, 3.63) is 16.7 Å². The third kappa shape index (κ3) is 7.33. The zero-order valence-electron chi connectivity index (χ0n) is 16.8. The van der Waals surface area contributed by atoms with Crippen LogP contribution in [0.2, 0.25) is 0 Å². The highest BCUT2D eigenvalue weighted by atomic mass is 31.3. The predicted molar refractivity (Wildman–Crippen MR) is 95.9 cm³/mol. The second kappa shape index (κ2) is 10.0. The SMILES string of the molecule is Nc1nc2c(ncn2C2OC(COP(=O)([O-])OP(=O)([O-])[O-])C(OP(=O)([O-])OP(=O)([O-])[O-])C2O)c(=O)[nH]1. The molecule has 0 bridgehead atoms. The number of nitrogens with zero attached hydrogens (tertiary/aromatic N) is 3.